The molecular weight excluding hydrogens is 383 g/mol. The molecule has 2 heterocycles. The molecule has 0 radical (unpaired) electrons. The van der Waals surface area contributed by atoms with Crippen LogP contribution in [0.15, 0.2) is 41.8 Å². The SMILES string of the molecule is O=C(NCCc1cccs1)[C@H](O)[C@@H](O)C(=O)N1CCC[C@@H]1c1ccc(F)cc1. The van der Waals surface area contributed by atoms with Gasteiger partial charge in [-0.1, -0.05) is 18.2 Å². The first kappa shape index (κ1) is 20.4. The average Bonchev–Trinajstić information content (AvgIpc) is 3.38. The minimum Gasteiger partial charge on any atom is -0.380 e. The Morgan fingerprint density at radius 2 is 1.96 bits per heavy atom. The molecule has 6 nitrogen and oxygen atoms in total. The number of carbonyl (C=O) groups is 2. The molecule has 2 amide bonds. The average molecular weight is 406 g/mol. The topological polar surface area (TPSA) is 89.9 Å². The maximum absolute atomic E-state index is 13.1. The molecule has 0 saturated carbocycles. The standard InChI is InChI=1S/C20H23FN2O4S/c21-14-7-5-13(6-8-14)16-4-1-11-23(16)20(27)18(25)17(24)19(26)22-10-9-15-3-2-12-28-15/h2-3,5-8,12,16-18,24-25H,1,4,9-11H2,(H,22,26)/t16-,17-,18-/m1/s1. The Kier molecular flexibility index (Phi) is 6.77. The zero-order chi connectivity index (χ0) is 20.1. The van der Waals surface area contributed by atoms with Gasteiger partial charge in [-0.05, 0) is 48.4 Å². The second-order valence-corrected chi connectivity index (χ2v) is 7.78. The van der Waals surface area contributed by atoms with Crippen molar-refractivity contribution in [3.05, 3.63) is 58.0 Å². The van der Waals surface area contributed by atoms with Crippen LogP contribution in [-0.4, -0.2) is 52.2 Å². The second-order valence-electron chi connectivity index (χ2n) is 6.75. The first-order valence-corrected chi connectivity index (χ1v) is 10.1. The number of nitrogens with one attached hydrogen (secondary N) is 1. The van der Waals surface area contributed by atoms with Crippen LogP contribution in [-0.2, 0) is 16.0 Å². The van der Waals surface area contributed by atoms with Crippen LogP contribution in [0.4, 0.5) is 4.39 Å². The smallest absolute Gasteiger partial charge is 0.255 e. The molecule has 8 heteroatoms. The third-order valence-electron chi connectivity index (χ3n) is 4.86. The van der Waals surface area contributed by atoms with Crippen LogP contribution in [0.2, 0.25) is 0 Å². The largest absolute Gasteiger partial charge is 0.380 e. The van der Waals surface area contributed by atoms with Crippen LogP contribution >= 0.6 is 11.3 Å². The molecule has 1 saturated heterocycles. The van der Waals surface area contributed by atoms with E-state index >= 15 is 0 Å². The predicted molar refractivity (Wildman–Crippen MR) is 103 cm³/mol. The van der Waals surface area contributed by atoms with Crippen LogP contribution in [0, 0.1) is 5.82 Å². The summed E-state index contributed by atoms with van der Waals surface area (Å²) in [5.41, 5.74) is 0.759. The summed E-state index contributed by atoms with van der Waals surface area (Å²) in [5, 5.41) is 24.8. The lowest BCUT2D eigenvalue weighted by molar-refractivity contribution is -0.153. The minimum absolute atomic E-state index is 0.305. The van der Waals surface area contributed by atoms with Gasteiger partial charge in [-0.2, -0.15) is 0 Å². The Morgan fingerprint density at radius 1 is 1.21 bits per heavy atom. The van der Waals surface area contributed by atoms with E-state index in [4.69, 9.17) is 0 Å². The summed E-state index contributed by atoms with van der Waals surface area (Å²) in [6, 6.07) is 9.39. The number of carbonyl (C=O) groups excluding carboxylic acids is 2. The van der Waals surface area contributed by atoms with E-state index in [9.17, 15) is 24.2 Å². The van der Waals surface area contributed by atoms with E-state index < -0.39 is 24.0 Å². The zero-order valence-corrected chi connectivity index (χ0v) is 16.1. The van der Waals surface area contributed by atoms with Crippen molar-refractivity contribution in [1.82, 2.24) is 10.2 Å². The third-order valence-corrected chi connectivity index (χ3v) is 5.80. The lowest BCUT2D eigenvalue weighted by Crippen LogP contribution is -2.50. The van der Waals surface area contributed by atoms with Gasteiger partial charge in [0.2, 0.25) is 0 Å². The van der Waals surface area contributed by atoms with Gasteiger partial charge in [-0.25, -0.2) is 4.39 Å². The van der Waals surface area contributed by atoms with E-state index in [2.05, 4.69) is 5.32 Å². The summed E-state index contributed by atoms with van der Waals surface area (Å²) >= 11 is 1.56. The Hall–Kier alpha value is -2.29. The Balaban J connectivity index is 1.57. The van der Waals surface area contributed by atoms with E-state index in [1.807, 2.05) is 17.5 Å². The van der Waals surface area contributed by atoms with Crippen LogP contribution in [0.3, 0.4) is 0 Å². The van der Waals surface area contributed by atoms with Gasteiger partial charge >= 0.3 is 0 Å². The number of aliphatic hydroxyl groups is 2. The van der Waals surface area contributed by atoms with E-state index in [0.29, 0.717) is 25.9 Å². The molecule has 1 aliphatic heterocycles. The number of likely N-dealkylation sites (tertiary alicyclic amines) is 1. The van der Waals surface area contributed by atoms with E-state index in [1.165, 1.54) is 17.0 Å². The Bertz CT molecular complexity index is 797. The molecule has 1 aliphatic rings. The highest BCUT2D eigenvalue weighted by molar-refractivity contribution is 7.09. The fourth-order valence-corrected chi connectivity index (χ4v) is 4.09. The van der Waals surface area contributed by atoms with E-state index in [1.54, 1.807) is 23.5 Å². The number of nitrogens with zero attached hydrogens (tertiary/aromatic N) is 1. The van der Waals surface area contributed by atoms with Crippen molar-refractivity contribution < 1.29 is 24.2 Å². The number of aliphatic hydroxyl groups excluding tert-OH is 2. The van der Waals surface area contributed by atoms with Crippen molar-refractivity contribution in [2.45, 2.75) is 37.5 Å². The highest BCUT2D eigenvalue weighted by atomic mass is 32.1. The fraction of sp³-hybridized carbons (Fsp3) is 0.400. The van der Waals surface area contributed by atoms with Crippen LogP contribution in [0.1, 0.15) is 29.3 Å². The summed E-state index contributed by atoms with van der Waals surface area (Å²) in [7, 11) is 0. The molecule has 3 atom stereocenters. The van der Waals surface area contributed by atoms with E-state index in [-0.39, 0.29) is 11.9 Å². The number of hydrogen-bond donors (Lipinski definition) is 3. The van der Waals surface area contributed by atoms with Gasteiger partial charge in [0.1, 0.15) is 5.82 Å². The molecule has 1 fully saturated rings. The molecule has 0 unspecified atom stereocenters. The number of hydrogen-bond acceptors (Lipinski definition) is 5. The van der Waals surface area contributed by atoms with Gasteiger partial charge < -0.3 is 20.4 Å². The minimum atomic E-state index is -1.84. The highest BCUT2D eigenvalue weighted by Crippen LogP contribution is 2.32. The van der Waals surface area contributed by atoms with Crippen molar-refractivity contribution in [2.24, 2.45) is 0 Å². The lowest BCUT2D eigenvalue weighted by atomic mass is 10.0. The van der Waals surface area contributed by atoms with Gasteiger partial charge in [0.25, 0.3) is 11.8 Å². The summed E-state index contributed by atoms with van der Waals surface area (Å²) in [4.78, 5) is 27.3. The first-order valence-electron chi connectivity index (χ1n) is 9.19. The van der Waals surface area contributed by atoms with Crippen molar-refractivity contribution in [3.8, 4) is 0 Å². The van der Waals surface area contributed by atoms with Crippen molar-refractivity contribution >= 4 is 23.2 Å². The number of halogens is 1. The monoisotopic (exact) mass is 406 g/mol. The van der Waals surface area contributed by atoms with Crippen molar-refractivity contribution in [1.29, 1.82) is 0 Å². The summed E-state index contributed by atoms with van der Waals surface area (Å²) < 4.78 is 13.1. The van der Waals surface area contributed by atoms with Crippen LogP contribution < -0.4 is 5.32 Å². The normalized spacial score (nSPS) is 18.7. The van der Waals surface area contributed by atoms with Crippen molar-refractivity contribution in [3.63, 3.8) is 0 Å². The van der Waals surface area contributed by atoms with Gasteiger partial charge in [0, 0.05) is 18.0 Å². The molecule has 150 valence electrons. The Morgan fingerprint density at radius 3 is 2.64 bits per heavy atom. The molecule has 0 aliphatic carbocycles. The number of benzene rings is 1. The third kappa shape index (κ3) is 4.76. The maximum Gasteiger partial charge on any atom is 0.255 e. The Labute approximate surface area is 166 Å². The highest BCUT2D eigenvalue weighted by Gasteiger charge is 2.38. The van der Waals surface area contributed by atoms with Gasteiger partial charge in [-0.15, -0.1) is 11.3 Å². The molecule has 3 N–H and O–H groups in total. The van der Waals surface area contributed by atoms with Gasteiger partial charge in [0.15, 0.2) is 12.2 Å². The maximum atomic E-state index is 13.1. The molecule has 0 spiro atoms. The quantitative estimate of drug-likeness (QED) is 0.652. The van der Waals surface area contributed by atoms with Crippen LogP contribution in [0.5, 0.6) is 0 Å². The first-order chi connectivity index (χ1) is 13.5. The number of rotatable bonds is 7. The molecule has 28 heavy (non-hydrogen) atoms. The molecule has 2 aromatic rings. The van der Waals surface area contributed by atoms with Gasteiger partial charge in [0.05, 0.1) is 6.04 Å². The number of thiophene rings is 1. The second kappa shape index (κ2) is 9.27. The fourth-order valence-electron chi connectivity index (χ4n) is 3.38. The van der Waals surface area contributed by atoms with E-state index in [0.717, 1.165) is 16.9 Å². The lowest BCUT2D eigenvalue weighted by Gasteiger charge is -2.28. The summed E-state index contributed by atoms with van der Waals surface area (Å²) in [6.07, 6.45) is -1.68. The molecule has 3 rings (SSSR count). The number of amides is 2. The molecular formula is C20H23FN2O4S. The summed E-state index contributed by atoms with van der Waals surface area (Å²) in [5.74, 6) is -1.85. The molecule has 0 bridgehead atoms. The molecule has 1 aromatic carbocycles. The van der Waals surface area contributed by atoms with Crippen LogP contribution in [0.25, 0.3) is 0 Å². The van der Waals surface area contributed by atoms with Crippen molar-refractivity contribution in [2.75, 3.05) is 13.1 Å². The predicted octanol–water partition coefficient (Wildman–Crippen LogP) is 1.63. The van der Waals surface area contributed by atoms with Gasteiger partial charge in [-0.3, -0.25) is 9.59 Å². The zero-order valence-electron chi connectivity index (χ0n) is 15.3. The molecule has 1 aromatic heterocycles. The summed E-state index contributed by atoms with van der Waals surface area (Å²) in [6.45, 7) is 0.712.